The quantitative estimate of drug-likeness (QED) is 0.198. The summed E-state index contributed by atoms with van der Waals surface area (Å²) in [6.07, 6.45) is 1.63. The number of aromatic nitrogens is 3. The average molecular weight is 602 g/mol. The molecule has 2 amide bonds. The Morgan fingerprint density at radius 3 is 2.36 bits per heavy atom. The van der Waals surface area contributed by atoms with E-state index in [9.17, 15) is 19.5 Å². The Balaban J connectivity index is 1.83. The van der Waals surface area contributed by atoms with Crippen molar-refractivity contribution in [2.24, 2.45) is 0 Å². The molecule has 44 heavy (non-hydrogen) atoms. The summed E-state index contributed by atoms with van der Waals surface area (Å²) in [6, 6.07) is 16.6. The van der Waals surface area contributed by atoms with E-state index in [1.54, 1.807) is 22.5 Å². The van der Waals surface area contributed by atoms with Gasteiger partial charge in [0, 0.05) is 24.2 Å². The Hall–Kier alpha value is -4.47. The lowest BCUT2D eigenvalue weighted by Crippen LogP contribution is -2.46. The molecule has 0 spiro atoms. The predicted molar refractivity (Wildman–Crippen MR) is 170 cm³/mol. The summed E-state index contributed by atoms with van der Waals surface area (Å²) in [5, 5.41) is 14.2. The summed E-state index contributed by atoms with van der Waals surface area (Å²) in [7, 11) is 0. The van der Waals surface area contributed by atoms with Crippen LogP contribution in [-0.2, 0) is 13.0 Å². The topological polar surface area (TPSA) is 122 Å². The van der Waals surface area contributed by atoms with Gasteiger partial charge in [0.2, 0.25) is 0 Å². The van der Waals surface area contributed by atoms with Crippen molar-refractivity contribution >= 4 is 23.1 Å². The minimum atomic E-state index is -1.01. The van der Waals surface area contributed by atoms with Gasteiger partial charge in [0.05, 0.1) is 18.3 Å². The molecular formula is C34H43N5O5. The van der Waals surface area contributed by atoms with E-state index in [2.05, 4.69) is 12.1 Å². The van der Waals surface area contributed by atoms with Crippen LogP contribution in [0.4, 0.5) is 4.79 Å². The number of hydrogen-bond acceptors (Lipinski definition) is 6. The summed E-state index contributed by atoms with van der Waals surface area (Å²) >= 11 is 0. The van der Waals surface area contributed by atoms with E-state index < -0.39 is 17.7 Å². The molecule has 0 radical (unpaired) electrons. The molecule has 0 bridgehead atoms. The van der Waals surface area contributed by atoms with Crippen molar-refractivity contribution < 1.29 is 19.2 Å². The number of aryl methyl sites for hydroxylation is 2. The van der Waals surface area contributed by atoms with Crippen LogP contribution >= 0.6 is 0 Å². The molecule has 234 valence electrons. The number of benzene rings is 2. The molecule has 10 nitrogen and oxygen atoms in total. The predicted octanol–water partition coefficient (Wildman–Crippen LogP) is 6.46. The molecule has 4 aromatic rings. The minimum Gasteiger partial charge on any atom is -0.465 e. The number of nitrogens with zero attached hydrogens (tertiary/aromatic N) is 5. The van der Waals surface area contributed by atoms with Gasteiger partial charge in [0.25, 0.3) is 17.2 Å². The van der Waals surface area contributed by atoms with Crippen molar-refractivity contribution in [1.29, 1.82) is 0 Å². The summed E-state index contributed by atoms with van der Waals surface area (Å²) < 4.78 is 7.08. The van der Waals surface area contributed by atoms with Gasteiger partial charge in [-0.25, -0.2) is 4.79 Å². The number of fused-ring (bicyclic) bond motifs is 1. The van der Waals surface area contributed by atoms with Gasteiger partial charge >= 0.3 is 6.09 Å². The van der Waals surface area contributed by atoms with Crippen LogP contribution < -0.4 is 5.56 Å². The van der Waals surface area contributed by atoms with Crippen molar-refractivity contribution in [3.05, 3.63) is 93.2 Å². The standard InChI is InChI=1S/C34H43N5O5/c1-7-14-24-17-12-18-26(21-24)31(40)37(19-13-20-39(33(42)43)34(4,5)6)27(8-2)29-35-30-28(23(3)36-44-30)32(41)38(29)22-25-15-10-9-11-16-25/h9-12,15-18,21,27H,7-8,13-14,19-20,22H2,1-6H3,(H,42,43). The van der Waals surface area contributed by atoms with Crippen LogP contribution in [0.3, 0.4) is 0 Å². The first kappa shape index (κ1) is 32.4. The van der Waals surface area contributed by atoms with Crippen LogP contribution in [0.25, 0.3) is 11.1 Å². The number of carbonyl (C=O) groups excluding carboxylic acids is 1. The fourth-order valence-corrected chi connectivity index (χ4v) is 5.63. The first-order valence-corrected chi connectivity index (χ1v) is 15.3. The van der Waals surface area contributed by atoms with Gasteiger partial charge in [-0.2, -0.15) is 4.98 Å². The Morgan fingerprint density at radius 2 is 1.73 bits per heavy atom. The van der Waals surface area contributed by atoms with Crippen LogP contribution in [0, 0.1) is 6.92 Å². The normalized spacial score (nSPS) is 12.3. The highest BCUT2D eigenvalue weighted by molar-refractivity contribution is 5.94. The second-order valence-corrected chi connectivity index (χ2v) is 12.1. The van der Waals surface area contributed by atoms with Crippen LogP contribution in [0.1, 0.15) is 92.9 Å². The van der Waals surface area contributed by atoms with Gasteiger partial charge in [0.1, 0.15) is 11.2 Å². The van der Waals surface area contributed by atoms with E-state index in [1.165, 1.54) is 4.90 Å². The van der Waals surface area contributed by atoms with Crippen molar-refractivity contribution in [3.8, 4) is 0 Å². The van der Waals surface area contributed by atoms with E-state index in [0.717, 1.165) is 24.0 Å². The van der Waals surface area contributed by atoms with Crippen LogP contribution in [-0.4, -0.2) is 60.2 Å². The smallest absolute Gasteiger partial charge is 0.407 e. The maximum Gasteiger partial charge on any atom is 0.407 e. The molecular weight excluding hydrogens is 558 g/mol. The Kier molecular flexibility index (Phi) is 10.2. The lowest BCUT2D eigenvalue weighted by atomic mass is 10.0. The zero-order valence-corrected chi connectivity index (χ0v) is 26.5. The number of rotatable bonds is 12. The highest BCUT2D eigenvalue weighted by atomic mass is 16.5. The first-order chi connectivity index (χ1) is 21.0. The van der Waals surface area contributed by atoms with Crippen LogP contribution in [0.2, 0.25) is 0 Å². The fraction of sp³-hybridized carbons (Fsp3) is 0.441. The number of hydrogen-bond donors (Lipinski definition) is 1. The molecule has 0 aliphatic heterocycles. The minimum absolute atomic E-state index is 0.132. The number of carbonyl (C=O) groups is 2. The maximum atomic E-state index is 14.3. The van der Waals surface area contributed by atoms with Gasteiger partial charge < -0.3 is 19.4 Å². The molecule has 4 rings (SSSR count). The third kappa shape index (κ3) is 7.18. The monoisotopic (exact) mass is 601 g/mol. The molecule has 0 saturated carbocycles. The fourth-order valence-electron chi connectivity index (χ4n) is 5.63. The molecule has 2 aromatic carbocycles. The van der Waals surface area contributed by atoms with Gasteiger partial charge in [0.15, 0.2) is 0 Å². The van der Waals surface area contributed by atoms with Crippen molar-refractivity contribution in [2.45, 2.75) is 85.4 Å². The van der Waals surface area contributed by atoms with Gasteiger partial charge in [-0.05, 0) is 70.2 Å². The molecule has 0 saturated heterocycles. The molecule has 2 heterocycles. The molecule has 1 N–H and O–H groups in total. The second kappa shape index (κ2) is 13.9. The molecule has 0 fully saturated rings. The highest BCUT2D eigenvalue weighted by Gasteiger charge is 2.32. The summed E-state index contributed by atoms with van der Waals surface area (Å²) in [4.78, 5) is 48.3. The molecule has 0 aliphatic carbocycles. The molecule has 1 unspecified atom stereocenters. The van der Waals surface area contributed by atoms with E-state index in [0.29, 0.717) is 35.3 Å². The van der Waals surface area contributed by atoms with Crippen LogP contribution in [0.5, 0.6) is 0 Å². The lowest BCUT2D eigenvalue weighted by Gasteiger charge is -2.35. The van der Waals surface area contributed by atoms with E-state index in [4.69, 9.17) is 9.51 Å². The summed E-state index contributed by atoms with van der Waals surface area (Å²) in [5.74, 6) is 0.191. The Labute approximate surface area is 258 Å². The van der Waals surface area contributed by atoms with E-state index in [1.807, 2.05) is 76.2 Å². The van der Waals surface area contributed by atoms with Gasteiger partial charge in [-0.3, -0.25) is 14.2 Å². The van der Waals surface area contributed by atoms with E-state index in [-0.39, 0.29) is 36.8 Å². The third-order valence-corrected chi connectivity index (χ3v) is 7.84. The lowest BCUT2D eigenvalue weighted by molar-refractivity contribution is 0.0628. The molecule has 2 aromatic heterocycles. The van der Waals surface area contributed by atoms with Gasteiger partial charge in [-0.1, -0.05) is 67.9 Å². The van der Waals surface area contributed by atoms with Gasteiger partial charge in [-0.15, -0.1) is 0 Å². The number of amides is 2. The zero-order chi connectivity index (χ0) is 32.0. The largest absolute Gasteiger partial charge is 0.465 e. The molecule has 1 atom stereocenters. The van der Waals surface area contributed by atoms with E-state index >= 15 is 0 Å². The van der Waals surface area contributed by atoms with Crippen molar-refractivity contribution in [3.63, 3.8) is 0 Å². The molecule has 10 heteroatoms. The molecule has 0 aliphatic rings. The first-order valence-electron chi connectivity index (χ1n) is 15.3. The van der Waals surface area contributed by atoms with Crippen molar-refractivity contribution in [2.75, 3.05) is 13.1 Å². The van der Waals surface area contributed by atoms with Crippen LogP contribution in [0.15, 0.2) is 63.9 Å². The maximum absolute atomic E-state index is 14.3. The third-order valence-electron chi connectivity index (χ3n) is 7.84. The SMILES string of the molecule is CCCc1cccc(C(=O)N(CCCN(C(=O)O)C(C)(C)C)C(CC)c2nc3onc(C)c3c(=O)n2Cc2ccccc2)c1. The number of carboxylic acid groups (broad SMARTS) is 1. The summed E-state index contributed by atoms with van der Waals surface area (Å²) in [5.41, 5.74) is 2.21. The van der Waals surface area contributed by atoms with Crippen molar-refractivity contribution in [1.82, 2.24) is 24.5 Å². The second-order valence-electron chi connectivity index (χ2n) is 12.1. The Bertz CT molecular complexity index is 1650. The zero-order valence-electron chi connectivity index (χ0n) is 26.5. The summed E-state index contributed by atoms with van der Waals surface area (Å²) in [6.45, 7) is 12.0. The average Bonchev–Trinajstić information content (AvgIpc) is 3.36. The Morgan fingerprint density at radius 1 is 1.02 bits per heavy atom. The highest BCUT2D eigenvalue weighted by Crippen LogP contribution is 2.28.